The third-order valence-electron chi connectivity index (χ3n) is 4.92. The summed E-state index contributed by atoms with van der Waals surface area (Å²) in [5.41, 5.74) is 1.22. The van der Waals surface area contributed by atoms with Crippen LogP contribution in [0, 0.1) is 0 Å². The quantitative estimate of drug-likeness (QED) is 0.375. The van der Waals surface area contributed by atoms with Crippen LogP contribution >= 0.6 is 11.6 Å². The number of ketones is 1. The molecule has 0 unspecified atom stereocenters. The van der Waals surface area contributed by atoms with Crippen molar-refractivity contribution in [2.24, 2.45) is 0 Å². The van der Waals surface area contributed by atoms with E-state index in [2.05, 4.69) is 5.32 Å². The van der Waals surface area contributed by atoms with Crippen molar-refractivity contribution in [1.29, 1.82) is 0 Å². The molecule has 0 aromatic heterocycles. The van der Waals surface area contributed by atoms with Crippen molar-refractivity contribution < 1.29 is 14.3 Å². The van der Waals surface area contributed by atoms with Crippen molar-refractivity contribution in [2.75, 3.05) is 5.32 Å². The van der Waals surface area contributed by atoms with Gasteiger partial charge in [-0.25, -0.2) is 0 Å². The molecule has 1 amide bonds. The van der Waals surface area contributed by atoms with Crippen molar-refractivity contribution in [3.05, 3.63) is 107 Å². The lowest BCUT2D eigenvalue weighted by molar-refractivity contribution is -0.122. The fourth-order valence-corrected chi connectivity index (χ4v) is 3.46. The number of carbonyl (C=O) groups excluding carboxylic acids is 2. The Hall–Kier alpha value is -3.63. The van der Waals surface area contributed by atoms with Gasteiger partial charge in [0, 0.05) is 16.1 Å². The number of hydrogen-bond acceptors (Lipinski definition) is 3. The number of nitrogens with one attached hydrogen (secondary N) is 1. The summed E-state index contributed by atoms with van der Waals surface area (Å²) in [5, 5.41) is 5.34. The molecule has 0 aliphatic carbocycles. The Morgan fingerprint density at radius 3 is 2.32 bits per heavy atom. The van der Waals surface area contributed by atoms with E-state index >= 15 is 0 Å². The SMILES string of the molecule is C[C@@H](Oc1ccc2ccccc2c1)C(=O)Nc1ccc(Cl)cc1C(=O)c1ccccc1. The molecule has 31 heavy (non-hydrogen) atoms. The fraction of sp³-hybridized carbons (Fsp3) is 0.0769. The van der Waals surface area contributed by atoms with Crippen LogP contribution in [0.4, 0.5) is 5.69 Å². The maximum atomic E-state index is 12.9. The molecule has 0 saturated carbocycles. The molecule has 0 bridgehead atoms. The highest BCUT2D eigenvalue weighted by Crippen LogP contribution is 2.25. The van der Waals surface area contributed by atoms with Crippen LogP contribution in [0.3, 0.4) is 0 Å². The molecule has 154 valence electrons. The van der Waals surface area contributed by atoms with Gasteiger partial charge in [-0.15, -0.1) is 0 Å². The number of hydrogen-bond donors (Lipinski definition) is 1. The third-order valence-corrected chi connectivity index (χ3v) is 5.16. The van der Waals surface area contributed by atoms with E-state index in [0.717, 1.165) is 10.8 Å². The second kappa shape index (κ2) is 9.02. The Morgan fingerprint density at radius 1 is 0.839 bits per heavy atom. The van der Waals surface area contributed by atoms with Crippen LogP contribution in [0.2, 0.25) is 5.02 Å². The summed E-state index contributed by atoms with van der Waals surface area (Å²) in [6.45, 7) is 1.67. The van der Waals surface area contributed by atoms with Gasteiger partial charge in [0.25, 0.3) is 5.91 Å². The van der Waals surface area contributed by atoms with E-state index < -0.39 is 6.10 Å². The molecule has 0 radical (unpaired) electrons. The molecule has 4 nitrogen and oxygen atoms in total. The number of benzene rings is 4. The Morgan fingerprint density at radius 2 is 1.55 bits per heavy atom. The summed E-state index contributed by atoms with van der Waals surface area (Å²) in [7, 11) is 0. The molecular weight excluding hydrogens is 410 g/mol. The topological polar surface area (TPSA) is 55.4 Å². The standard InChI is InChI=1S/C26H20ClNO3/c1-17(31-22-13-11-18-7-5-6-10-20(18)15-22)26(30)28-24-14-12-21(27)16-23(24)25(29)19-8-3-2-4-9-19/h2-17H,1H3,(H,28,30)/t17-/m1/s1. The normalized spacial score (nSPS) is 11.7. The molecule has 0 aliphatic heterocycles. The summed E-state index contributed by atoms with van der Waals surface area (Å²) in [4.78, 5) is 25.7. The van der Waals surface area contributed by atoms with Gasteiger partial charge in [0.2, 0.25) is 0 Å². The monoisotopic (exact) mass is 429 g/mol. The molecule has 0 spiro atoms. The molecule has 4 aromatic carbocycles. The van der Waals surface area contributed by atoms with Gasteiger partial charge >= 0.3 is 0 Å². The molecule has 0 saturated heterocycles. The maximum Gasteiger partial charge on any atom is 0.265 e. The first-order chi connectivity index (χ1) is 15.0. The lowest BCUT2D eigenvalue weighted by Gasteiger charge is -2.17. The first-order valence-electron chi connectivity index (χ1n) is 9.87. The predicted molar refractivity (Wildman–Crippen MR) is 124 cm³/mol. The number of rotatable bonds is 6. The maximum absolute atomic E-state index is 12.9. The van der Waals surface area contributed by atoms with Gasteiger partial charge in [-0.05, 0) is 48.0 Å². The van der Waals surface area contributed by atoms with Crippen LogP contribution in [0.1, 0.15) is 22.8 Å². The van der Waals surface area contributed by atoms with Gasteiger partial charge < -0.3 is 10.1 Å². The minimum absolute atomic E-state index is 0.221. The van der Waals surface area contributed by atoms with Crippen LogP contribution in [0.5, 0.6) is 5.75 Å². The average molecular weight is 430 g/mol. The molecule has 4 aromatic rings. The van der Waals surface area contributed by atoms with E-state index in [4.69, 9.17) is 16.3 Å². The predicted octanol–water partition coefficient (Wildman–Crippen LogP) is 6.13. The van der Waals surface area contributed by atoms with E-state index in [9.17, 15) is 9.59 Å². The van der Waals surface area contributed by atoms with Crippen molar-refractivity contribution in [2.45, 2.75) is 13.0 Å². The van der Waals surface area contributed by atoms with Crippen LogP contribution in [-0.2, 0) is 4.79 Å². The van der Waals surface area contributed by atoms with Crippen molar-refractivity contribution in [1.82, 2.24) is 0 Å². The van der Waals surface area contributed by atoms with Crippen LogP contribution < -0.4 is 10.1 Å². The van der Waals surface area contributed by atoms with Crippen molar-refractivity contribution >= 4 is 39.8 Å². The Bertz CT molecular complexity index is 1250. The number of anilines is 1. The first kappa shape index (κ1) is 20.6. The molecule has 0 fully saturated rings. The lowest BCUT2D eigenvalue weighted by Crippen LogP contribution is -2.30. The summed E-state index contributed by atoms with van der Waals surface area (Å²) >= 11 is 6.11. The van der Waals surface area contributed by atoms with E-state index in [1.807, 2.05) is 48.5 Å². The molecule has 0 heterocycles. The highest BCUT2D eigenvalue weighted by Gasteiger charge is 2.20. The smallest absolute Gasteiger partial charge is 0.265 e. The Balaban J connectivity index is 1.53. The first-order valence-corrected chi connectivity index (χ1v) is 10.2. The van der Waals surface area contributed by atoms with Gasteiger partial charge in [-0.3, -0.25) is 9.59 Å². The molecular formula is C26H20ClNO3. The van der Waals surface area contributed by atoms with E-state index in [0.29, 0.717) is 27.6 Å². The fourth-order valence-electron chi connectivity index (χ4n) is 3.29. The molecule has 4 rings (SSSR count). The Kier molecular flexibility index (Phi) is 6.01. The number of fused-ring (bicyclic) bond motifs is 1. The number of ether oxygens (including phenoxy) is 1. The van der Waals surface area contributed by atoms with Crippen molar-refractivity contribution in [3.8, 4) is 5.75 Å². The van der Waals surface area contributed by atoms with E-state index in [-0.39, 0.29) is 11.7 Å². The highest BCUT2D eigenvalue weighted by molar-refractivity contribution is 6.31. The minimum Gasteiger partial charge on any atom is -0.481 e. The highest BCUT2D eigenvalue weighted by atomic mass is 35.5. The second-order valence-electron chi connectivity index (χ2n) is 7.14. The van der Waals surface area contributed by atoms with E-state index in [1.54, 1.807) is 49.4 Å². The summed E-state index contributed by atoms with van der Waals surface area (Å²) in [6, 6.07) is 27.3. The molecule has 5 heteroatoms. The van der Waals surface area contributed by atoms with Gasteiger partial charge in [0.05, 0.1) is 5.69 Å². The van der Waals surface area contributed by atoms with Crippen molar-refractivity contribution in [3.63, 3.8) is 0 Å². The largest absolute Gasteiger partial charge is 0.481 e. The number of amides is 1. The minimum atomic E-state index is -0.767. The van der Waals surface area contributed by atoms with Gasteiger partial charge in [-0.2, -0.15) is 0 Å². The zero-order valence-corrected chi connectivity index (χ0v) is 17.6. The van der Waals surface area contributed by atoms with Gasteiger partial charge in [0.1, 0.15) is 5.75 Å². The zero-order chi connectivity index (χ0) is 21.8. The lowest BCUT2D eigenvalue weighted by atomic mass is 10.0. The zero-order valence-electron chi connectivity index (χ0n) is 16.8. The van der Waals surface area contributed by atoms with E-state index in [1.165, 1.54) is 0 Å². The van der Waals surface area contributed by atoms with Crippen LogP contribution in [-0.4, -0.2) is 17.8 Å². The third kappa shape index (κ3) is 4.76. The molecule has 1 N–H and O–H groups in total. The number of carbonyl (C=O) groups is 2. The van der Waals surface area contributed by atoms with Crippen LogP contribution in [0.15, 0.2) is 91.0 Å². The molecule has 1 atom stereocenters. The average Bonchev–Trinajstić information content (AvgIpc) is 2.80. The summed E-state index contributed by atoms with van der Waals surface area (Å²) < 4.78 is 5.84. The van der Waals surface area contributed by atoms with Gasteiger partial charge in [0.15, 0.2) is 11.9 Å². The summed E-state index contributed by atoms with van der Waals surface area (Å²) in [6.07, 6.45) is -0.767. The summed E-state index contributed by atoms with van der Waals surface area (Å²) in [5.74, 6) is 0.0112. The van der Waals surface area contributed by atoms with Gasteiger partial charge in [-0.1, -0.05) is 72.3 Å². The number of halogens is 1. The molecule has 0 aliphatic rings. The van der Waals surface area contributed by atoms with Crippen LogP contribution in [0.25, 0.3) is 10.8 Å². The second-order valence-corrected chi connectivity index (χ2v) is 7.58. The Labute approximate surface area is 185 Å².